The minimum atomic E-state index is -0.0171. The van der Waals surface area contributed by atoms with Gasteiger partial charge in [0.2, 0.25) is 5.91 Å². The van der Waals surface area contributed by atoms with Crippen molar-refractivity contribution in [1.29, 1.82) is 0 Å². The first-order valence-corrected chi connectivity index (χ1v) is 5.41. The van der Waals surface area contributed by atoms with Gasteiger partial charge in [-0.3, -0.25) is 4.79 Å². The normalized spacial score (nSPS) is 14.4. The van der Waals surface area contributed by atoms with Gasteiger partial charge < -0.3 is 5.32 Å². The van der Waals surface area contributed by atoms with Gasteiger partial charge in [0.15, 0.2) is 0 Å². The zero-order valence-corrected chi connectivity index (χ0v) is 9.02. The molecule has 1 aliphatic carbocycles. The van der Waals surface area contributed by atoms with E-state index in [1.54, 1.807) is 12.3 Å². The Morgan fingerprint density at radius 2 is 2.31 bits per heavy atom. The second-order valence-electron chi connectivity index (χ2n) is 3.70. The van der Waals surface area contributed by atoms with E-state index in [0.717, 1.165) is 18.4 Å². The summed E-state index contributed by atoms with van der Waals surface area (Å²) in [6.07, 6.45) is 10.4. The van der Waals surface area contributed by atoms with E-state index in [9.17, 15) is 4.79 Å². The molecule has 0 radical (unpaired) electrons. The molecule has 0 aliphatic heterocycles. The molecule has 1 heterocycles. The van der Waals surface area contributed by atoms with E-state index < -0.39 is 0 Å². The molecule has 0 saturated heterocycles. The topological polar surface area (TPSA) is 42.0 Å². The lowest BCUT2D eigenvalue weighted by atomic mass is 10.0. The number of carbonyl (C=O) groups is 1. The van der Waals surface area contributed by atoms with Crippen molar-refractivity contribution in [3.05, 3.63) is 48.2 Å². The molecule has 3 nitrogen and oxygen atoms in total. The maximum atomic E-state index is 11.7. The third kappa shape index (κ3) is 3.05. The number of allylic oxidation sites excluding steroid dienone is 3. The zero-order valence-electron chi connectivity index (χ0n) is 9.02. The molecule has 0 saturated carbocycles. The van der Waals surface area contributed by atoms with Gasteiger partial charge in [-0.15, -0.1) is 0 Å². The fourth-order valence-corrected chi connectivity index (χ4v) is 1.61. The van der Waals surface area contributed by atoms with E-state index in [1.807, 2.05) is 18.2 Å². The summed E-state index contributed by atoms with van der Waals surface area (Å²) in [4.78, 5) is 15.7. The Kier molecular flexibility index (Phi) is 3.49. The lowest BCUT2D eigenvalue weighted by molar-refractivity contribution is -0.115. The third-order valence-corrected chi connectivity index (χ3v) is 2.37. The minimum Gasteiger partial charge on any atom is -0.310 e. The first kappa shape index (κ1) is 10.6. The number of rotatable bonds is 3. The van der Waals surface area contributed by atoms with Crippen molar-refractivity contribution in [2.24, 2.45) is 0 Å². The highest BCUT2D eigenvalue weighted by Crippen LogP contribution is 2.13. The van der Waals surface area contributed by atoms with Gasteiger partial charge in [-0.25, -0.2) is 4.98 Å². The molecule has 82 valence electrons. The van der Waals surface area contributed by atoms with Crippen molar-refractivity contribution < 1.29 is 4.79 Å². The smallest absolute Gasteiger partial charge is 0.229 e. The van der Waals surface area contributed by atoms with Crippen LogP contribution in [0.25, 0.3) is 0 Å². The molecule has 2 rings (SSSR count). The maximum absolute atomic E-state index is 11.7. The van der Waals surface area contributed by atoms with Crippen LogP contribution in [0.15, 0.2) is 48.2 Å². The molecule has 1 aromatic rings. The van der Waals surface area contributed by atoms with Crippen LogP contribution in [0.5, 0.6) is 0 Å². The van der Waals surface area contributed by atoms with Gasteiger partial charge >= 0.3 is 0 Å². The van der Waals surface area contributed by atoms with Gasteiger partial charge in [0.05, 0.1) is 6.42 Å². The average Bonchev–Trinajstić information content (AvgIpc) is 2.31. The van der Waals surface area contributed by atoms with Crippen molar-refractivity contribution in [3.8, 4) is 0 Å². The maximum Gasteiger partial charge on any atom is 0.229 e. The first-order valence-electron chi connectivity index (χ1n) is 5.41. The number of nitrogens with zero attached hydrogens (tertiary/aromatic N) is 1. The van der Waals surface area contributed by atoms with Crippen LogP contribution in [0.3, 0.4) is 0 Å². The van der Waals surface area contributed by atoms with Crippen LogP contribution < -0.4 is 5.32 Å². The summed E-state index contributed by atoms with van der Waals surface area (Å²) in [7, 11) is 0. The minimum absolute atomic E-state index is 0.0171. The average molecular weight is 214 g/mol. The second-order valence-corrected chi connectivity index (χ2v) is 3.70. The lowest BCUT2D eigenvalue weighted by Gasteiger charge is -2.07. The quantitative estimate of drug-likeness (QED) is 0.840. The SMILES string of the molecule is O=C(CC1=CCCC=C1)Nc1ccccn1. The monoisotopic (exact) mass is 214 g/mol. The molecule has 1 aliphatic rings. The summed E-state index contributed by atoms with van der Waals surface area (Å²) in [6.45, 7) is 0. The summed E-state index contributed by atoms with van der Waals surface area (Å²) in [5, 5.41) is 2.76. The molecule has 0 aromatic carbocycles. The molecule has 0 atom stereocenters. The third-order valence-electron chi connectivity index (χ3n) is 2.37. The number of nitrogens with one attached hydrogen (secondary N) is 1. The predicted molar refractivity (Wildman–Crippen MR) is 63.9 cm³/mol. The van der Waals surface area contributed by atoms with Crippen LogP contribution in [0.1, 0.15) is 19.3 Å². The molecular weight excluding hydrogens is 200 g/mol. The van der Waals surface area contributed by atoms with E-state index in [-0.39, 0.29) is 5.91 Å². The van der Waals surface area contributed by atoms with Gasteiger partial charge in [-0.2, -0.15) is 0 Å². The van der Waals surface area contributed by atoms with E-state index in [4.69, 9.17) is 0 Å². The van der Waals surface area contributed by atoms with Gasteiger partial charge in [-0.1, -0.05) is 24.3 Å². The van der Waals surface area contributed by atoms with Gasteiger partial charge in [0, 0.05) is 6.20 Å². The Hall–Kier alpha value is -1.90. The highest BCUT2D eigenvalue weighted by atomic mass is 16.1. The summed E-state index contributed by atoms with van der Waals surface area (Å²) >= 11 is 0. The fraction of sp³-hybridized carbons (Fsp3) is 0.231. The van der Waals surface area contributed by atoms with Gasteiger partial charge in [0.25, 0.3) is 0 Å². The molecule has 0 bridgehead atoms. The zero-order chi connectivity index (χ0) is 11.2. The van der Waals surface area contributed by atoms with Crippen LogP contribution in [-0.2, 0) is 4.79 Å². The van der Waals surface area contributed by atoms with E-state index >= 15 is 0 Å². The van der Waals surface area contributed by atoms with Crippen LogP contribution >= 0.6 is 0 Å². The molecule has 3 heteroatoms. The number of pyridine rings is 1. The molecular formula is C13H14N2O. The highest BCUT2D eigenvalue weighted by molar-refractivity contribution is 5.91. The lowest BCUT2D eigenvalue weighted by Crippen LogP contribution is -2.13. The van der Waals surface area contributed by atoms with Gasteiger partial charge in [0.1, 0.15) is 5.82 Å². The Bertz CT molecular complexity index is 421. The number of carbonyl (C=O) groups excluding carboxylic acids is 1. The Labute approximate surface area is 94.9 Å². The predicted octanol–water partition coefficient (Wildman–Crippen LogP) is 2.69. The Morgan fingerprint density at radius 1 is 1.38 bits per heavy atom. The Balaban J connectivity index is 1.89. The van der Waals surface area contributed by atoms with Gasteiger partial charge in [-0.05, 0) is 30.5 Å². The first-order chi connectivity index (χ1) is 7.84. The van der Waals surface area contributed by atoms with E-state index in [0.29, 0.717) is 12.2 Å². The molecule has 0 spiro atoms. The molecule has 0 fully saturated rings. The molecule has 16 heavy (non-hydrogen) atoms. The van der Waals surface area contributed by atoms with Crippen LogP contribution in [0.4, 0.5) is 5.82 Å². The Morgan fingerprint density at radius 3 is 3.00 bits per heavy atom. The van der Waals surface area contributed by atoms with E-state index in [1.165, 1.54) is 0 Å². The van der Waals surface area contributed by atoms with Crippen molar-refractivity contribution >= 4 is 11.7 Å². The number of amides is 1. The van der Waals surface area contributed by atoms with Crippen LogP contribution in [0.2, 0.25) is 0 Å². The fourth-order valence-electron chi connectivity index (χ4n) is 1.61. The largest absolute Gasteiger partial charge is 0.310 e. The number of hydrogen-bond donors (Lipinski definition) is 1. The molecule has 1 aromatic heterocycles. The molecule has 0 unspecified atom stereocenters. The van der Waals surface area contributed by atoms with Crippen molar-refractivity contribution in [1.82, 2.24) is 4.98 Å². The summed E-state index contributed by atoms with van der Waals surface area (Å²) in [5.74, 6) is 0.587. The van der Waals surface area contributed by atoms with Crippen LogP contribution in [0, 0.1) is 0 Å². The number of aromatic nitrogens is 1. The summed E-state index contributed by atoms with van der Waals surface area (Å²) in [5.41, 5.74) is 1.08. The van der Waals surface area contributed by atoms with Crippen molar-refractivity contribution in [2.75, 3.05) is 5.32 Å². The number of anilines is 1. The summed E-state index contributed by atoms with van der Waals surface area (Å²) < 4.78 is 0. The second kappa shape index (κ2) is 5.26. The van der Waals surface area contributed by atoms with Crippen molar-refractivity contribution in [2.45, 2.75) is 19.3 Å². The molecule has 1 N–H and O–H groups in total. The number of hydrogen-bond acceptors (Lipinski definition) is 2. The standard InChI is InChI=1S/C13H14N2O/c16-13(10-11-6-2-1-3-7-11)15-12-8-4-5-9-14-12/h2,4-9H,1,3,10H2,(H,14,15,16). The summed E-state index contributed by atoms with van der Waals surface area (Å²) in [6, 6.07) is 5.45. The molecule has 1 amide bonds. The van der Waals surface area contributed by atoms with Crippen LogP contribution in [-0.4, -0.2) is 10.9 Å². The van der Waals surface area contributed by atoms with E-state index in [2.05, 4.69) is 22.5 Å². The van der Waals surface area contributed by atoms with Crippen molar-refractivity contribution in [3.63, 3.8) is 0 Å². The highest BCUT2D eigenvalue weighted by Gasteiger charge is 2.06.